The Morgan fingerprint density at radius 3 is 2.33 bits per heavy atom. The van der Waals surface area contributed by atoms with Crippen LogP contribution < -0.4 is 0 Å². The van der Waals surface area contributed by atoms with Crippen molar-refractivity contribution in [2.75, 3.05) is 0 Å². The second-order valence-corrected chi connectivity index (χ2v) is 5.21. The number of alkyl halides is 3. The molecule has 0 saturated carbocycles. The Morgan fingerprint density at radius 2 is 1.86 bits per heavy atom. The summed E-state index contributed by atoms with van der Waals surface area (Å²) in [5.74, 6) is 0. The maximum Gasteiger partial charge on any atom is 0.431 e. The maximum absolute atomic E-state index is 13.0. The zero-order valence-corrected chi connectivity index (χ0v) is 12.4. The molecule has 0 aliphatic rings. The minimum atomic E-state index is -4.69. The molecule has 8 heteroatoms. The molecule has 2 rings (SSSR count). The average molecular weight is 375 g/mol. The van der Waals surface area contributed by atoms with E-state index in [9.17, 15) is 13.2 Å². The summed E-state index contributed by atoms with van der Waals surface area (Å²) >= 11 is 8.77. The van der Waals surface area contributed by atoms with Crippen LogP contribution in [0, 0.1) is 22.7 Å². The van der Waals surface area contributed by atoms with Crippen molar-refractivity contribution >= 4 is 27.5 Å². The van der Waals surface area contributed by atoms with Crippen LogP contribution in [0.25, 0.3) is 11.1 Å². The molecule has 3 nitrogen and oxygen atoms in total. The lowest BCUT2D eigenvalue weighted by Gasteiger charge is -2.09. The van der Waals surface area contributed by atoms with Crippen molar-refractivity contribution in [1.29, 1.82) is 10.5 Å². The van der Waals surface area contributed by atoms with Gasteiger partial charge in [0.05, 0.1) is 11.1 Å². The van der Waals surface area contributed by atoms with Crippen LogP contribution in [0.5, 0.6) is 0 Å². The summed E-state index contributed by atoms with van der Waals surface area (Å²) in [5.41, 5.74) is -1.32. The van der Waals surface area contributed by atoms with Crippen LogP contribution in [0.15, 0.2) is 22.7 Å². The standard InChI is InChI=1S/C13H4BrClF3N3/c14-9-3-6(1-2-7(9)4-19)10-8(5-20)12(15)21-11(10)13(16,17)18/h1-3,21H. The molecule has 0 saturated heterocycles. The van der Waals surface area contributed by atoms with Crippen LogP contribution in [0.3, 0.4) is 0 Å². The number of aromatic nitrogens is 1. The van der Waals surface area contributed by atoms with Crippen molar-refractivity contribution in [3.05, 3.63) is 44.6 Å². The first-order chi connectivity index (χ1) is 9.79. The van der Waals surface area contributed by atoms with Crippen LogP contribution in [-0.4, -0.2) is 4.98 Å². The summed E-state index contributed by atoms with van der Waals surface area (Å²) < 4.78 is 39.5. The quantitative estimate of drug-likeness (QED) is 0.775. The van der Waals surface area contributed by atoms with Gasteiger partial charge in [-0.25, -0.2) is 0 Å². The summed E-state index contributed by atoms with van der Waals surface area (Å²) in [4.78, 5) is 1.99. The van der Waals surface area contributed by atoms with Crippen molar-refractivity contribution in [1.82, 2.24) is 4.98 Å². The molecule has 21 heavy (non-hydrogen) atoms. The highest BCUT2D eigenvalue weighted by molar-refractivity contribution is 9.10. The minimum absolute atomic E-state index is 0.132. The molecular weight excluding hydrogens is 371 g/mol. The lowest BCUT2D eigenvalue weighted by atomic mass is 10.0. The van der Waals surface area contributed by atoms with Gasteiger partial charge in [0.25, 0.3) is 0 Å². The number of H-pyrrole nitrogens is 1. The number of hydrogen-bond acceptors (Lipinski definition) is 2. The molecule has 1 aromatic heterocycles. The van der Waals surface area contributed by atoms with Gasteiger partial charge in [-0.2, -0.15) is 23.7 Å². The molecule has 0 aliphatic carbocycles. The number of benzene rings is 1. The van der Waals surface area contributed by atoms with Crippen molar-refractivity contribution < 1.29 is 13.2 Å². The molecule has 0 unspecified atom stereocenters. The Bertz CT molecular complexity index is 797. The van der Waals surface area contributed by atoms with E-state index < -0.39 is 11.9 Å². The summed E-state index contributed by atoms with van der Waals surface area (Å²) in [7, 11) is 0. The zero-order chi connectivity index (χ0) is 15.8. The first-order valence-electron chi connectivity index (χ1n) is 5.38. The first kappa shape index (κ1) is 15.4. The van der Waals surface area contributed by atoms with E-state index in [-0.39, 0.29) is 27.4 Å². The van der Waals surface area contributed by atoms with Gasteiger partial charge in [0.1, 0.15) is 23.0 Å². The molecule has 0 atom stereocenters. The molecule has 1 N–H and O–H groups in total. The predicted molar refractivity (Wildman–Crippen MR) is 73.4 cm³/mol. The van der Waals surface area contributed by atoms with Gasteiger partial charge in [0.2, 0.25) is 0 Å². The first-order valence-corrected chi connectivity index (χ1v) is 6.55. The van der Waals surface area contributed by atoms with E-state index >= 15 is 0 Å². The third-order valence-corrected chi connectivity index (χ3v) is 3.67. The molecule has 0 aliphatic heterocycles. The van der Waals surface area contributed by atoms with Gasteiger partial charge in [0.15, 0.2) is 0 Å². The van der Waals surface area contributed by atoms with Crippen LogP contribution in [0.2, 0.25) is 5.15 Å². The lowest BCUT2D eigenvalue weighted by molar-refractivity contribution is -0.140. The van der Waals surface area contributed by atoms with Gasteiger partial charge < -0.3 is 4.98 Å². The van der Waals surface area contributed by atoms with Crippen LogP contribution in [0.4, 0.5) is 13.2 Å². The molecule has 0 amide bonds. The average Bonchev–Trinajstić information content (AvgIpc) is 2.75. The van der Waals surface area contributed by atoms with E-state index in [1.54, 1.807) is 6.07 Å². The molecule has 0 bridgehead atoms. The SMILES string of the molecule is N#Cc1ccc(-c2c(C(F)(F)F)[nH]c(Cl)c2C#N)cc1Br. The number of nitriles is 2. The highest BCUT2D eigenvalue weighted by Gasteiger charge is 2.38. The fraction of sp³-hybridized carbons (Fsp3) is 0.0769. The van der Waals surface area contributed by atoms with Gasteiger partial charge in [0, 0.05) is 10.0 Å². The molecule has 2 aromatic rings. The molecule has 0 fully saturated rings. The maximum atomic E-state index is 13.0. The predicted octanol–water partition coefficient (Wildman–Crippen LogP) is 4.86. The summed E-state index contributed by atoms with van der Waals surface area (Å²) in [6.45, 7) is 0. The molecular formula is C13H4BrClF3N3. The Hall–Kier alpha value is -1.96. The van der Waals surface area contributed by atoms with E-state index in [0.717, 1.165) is 0 Å². The van der Waals surface area contributed by atoms with Gasteiger partial charge >= 0.3 is 6.18 Å². The van der Waals surface area contributed by atoms with Crippen molar-refractivity contribution in [3.8, 4) is 23.3 Å². The van der Waals surface area contributed by atoms with Crippen LogP contribution in [-0.2, 0) is 6.18 Å². The molecule has 0 radical (unpaired) electrons. The third-order valence-electron chi connectivity index (χ3n) is 2.73. The number of aromatic amines is 1. The number of hydrogen-bond donors (Lipinski definition) is 1. The van der Waals surface area contributed by atoms with E-state index in [0.29, 0.717) is 4.47 Å². The lowest BCUT2D eigenvalue weighted by Crippen LogP contribution is -2.07. The second kappa shape index (κ2) is 5.44. The van der Waals surface area contributed by atoms with E-state index in [2.05, 4.69) is 15.9 Å². The normalized spacial score (nSPS) is 11.0. The van der Waals surface area contributed by atoms with E-state index in [4.69, 9.17) is 22.1 Å². The largest absolute Gasteiger partial charge is 0.431 e. The van der Waals surface area contributed by atoms with Crippen LogP contribution >= 0.6 is 27.5 Å². The molecule has 1 heterocycles. The Labute approximate surface area is 130 Å². The minimum Gasteiger partial charge on any atom is -0.340 e. The molecule has 0 spiro atoms. The summed E-state index contributed by atoms with van der Waals surface area (Å²) in [6, 6.07) is 7.58. The van der Waals surface area contributed by atoms with E-state index in [1.807, 2.05) is 11.1 Å². The topological polar surface area (TPSA) is 63.4 Å². The molecule has 106 valence electrons. The van der Waals surface area contributed by atoms with Crippen molar-refractivity contribution in [3.63, 3.8) is 0 Å². The van der Waals surface area contributed by atoms with Crippen molar-refractivity contribution in [2.24, 2.45) is 0 Å². The Morgan fingerprint density at radius 1 is 1.19 bits per heavy atom. The monoisotopic (exact) mass is 373 g/mol. The van der Waals surface area contributed by atoms with E-state index in [1.165, 1.54) is 18.2 Å². The highest BCUT2D eigenvalue weighted by Crippen LogP contribution is 2.42. The van der Waals surface area contributed by atoms with Gasteiger partial charge in [-0.1, -0.05) is 17.7 Å². The highest BCUT2D eigenvalue weighted by atomic mass is 79.9. The smallest absolute Gasteiger partial charge is 0.340 e. The third kappa shape index (κ3) is 2.76. The Balaban J connectivity index is 2.77. The fourth-order valence-corrected chi connectivity index (χ4v) is 2.54. The molecule has 1 aromatic carbocycles. The zero-order valence-electron chi connectivity index (χ0n) is 10.0. The number of halogens is 5. The van der Waals surface area contributed by atoms with Gasteiger partial charge in [-0.3, -0.25) is 0 Å². The number of rotatable bonds is 1. The second-order valence-electron chi connectivity index (χ2n) is 3.98. The van der Waals surface area contributed by atoms with Crippen molar-refractivity contribution in [2.45, 2.75) is 6.18 Å². The van der Waals surface area contributed by atoms with Gasteiger partial charge in [-0.05, 0) is 33.6 Å². The summed E-state index contributed by atoms with van der Waals surface area (Å²) in [5, 5.41) is 17.5. The number of nitrogens with zero attached hydrogens (tertiary/aromatic N) is 2. The number of nitrogens with one attached hydrogen (secondary N) is 1. The Kier molecular flexibility index (Phi) is 3.99. The van der Waals surface area contributed by atoms with Crippen LogP contribution in [0.1, 0.15) is 16.8 Å². The summed E-state index contributed by atoms with van der Waals surface area (Å²) in [6.07, 6.45) is -4.69. The van der Waals surface area contributed by atoms with Gasteiger partial charge in [-0.15, -0.1) is 0 Å². The fourth-order valence-electron chi connectivity index (χ4n) is 1.84.